The van der Waals surface area contributed by atoms with Gasteiger partial charge in [-0.1, -0.05) is 6.07 Å². The Bertz CT molecular complexity index is 1440. The maximum atomic E-state index is 14.2. The number of nitriles is 1. The van der Waals surface area contributed by atoms with Gasteiger partial charge in [0.05, 0.1) is 9.73 Å². The number of halogens is 4. The summed E-state index contributed by atoms with van der Waals surface area (Å²) in [5.74, 6) is -3.72. The fourth-order valence-electron chi connectivity index (χ4n) is 2.78. The predicted octanol–water partition coefficient (Wildman–Crippen LogP) is 4.29. The van der Waals surface area contributed by atoms with Gasteiger partial charge in [-0.25, -0.2) is 14.0 Å². The Kier molecular flexibility index (Phi) is 6.51. The molecular weight excluding hydrogens is 480 g/mol. The van der Waals surface area contributed by atoms with Gasteiger partial charge in [-0.3, -0.25) is 4.79 Å². The summed E-state index contributed by atoms with van der Waals surface area (Å²) in [5.41, 5.74) is -3.04. The van der Waals surface area contributed by atoms with Crippen LogP contribution in [0.5, 0.6) is 11.6 Å². The minimum atomic E-state index is -4.95. The number of aromatic nitrogens is 3. The summed E-state index contributed by atoms with van der Waals surface area (Å²) in [7, 11) is -3.14. The number of ether oxygens (including phenoxy) is 1. The molecule has 0 bridgehead atoms. The lowest BCUT2D eigenvalue weighted by molar-refractivity contribution is -0.142. The first-order chi connectivity index (χ1) is 15.8. The molecule has 1 unspecified atom stereocenters. The van der Waals surface area contributed by atoms with Gasteiger partial charge in [0.25, 0.3) is 17.7 Å². The van der Waals surface area contributed by atoms with Crippen molar-refractivity contribution in [2.24, 2.45) is 0 Å². The second-order valence-electron chi connectivity index (χ2n) is 6.88. The lowest BCUT2D eigenvalue weighted by Crippen LogP contribution is -2.21. The first-order valence-corrected chi connectivity index (χ1v) is 11.1. The number of carbonyl (C=O) groups is 1. The number of benzene rings is 1. The molecule has 0 fully saturated rings. The van der Waals surface area contributed by atoms with Crippen molar-refractivity contribution in [3.8, 4) is 17.7 Å². The van der Waals surface area contributed by atoms with Crippen molar-refractivity contribution in [3.63, 3.8) is 0 Å². The Morgan fingerprint density at radius 1 is 1.24 bits per heavy atom. The minimum absolute atomic E-state index is 0.0336. The van der Waals surface area contributed by atoms with Crippen LogP contribution in [0.2, 0.25) is 0 Å². The van der Waals surface area contributed by atoms with Crippen molar-refractivity contribution in [2.75, 3.05) is 11.6 Å². The highest BCUT2D eigenvalue weighted by Gasteiger charge is 2.38. The van der Waals surface area contributed by atoms with E-state index in [-0.39, 0.29) is 16.3 Å². The minimum Gasteiger partial charge on any atom is -0.432 e. The Balaban J connectivity index is 2.08. The molecular formula is C20H14F4N6O3S. The van der Waals surface area contributed by atoms with E-state index in [1.807, 2.05) is 0 Å². The topological polar surface area (TPSA) is 142 Å². The molecule has 0 aliphatic carbocycles. The molecule has 1 aromatic carbocycles. The van der Waals surface area contributed by atoms with E-state index in [4.69, 9.17) is 14.8 Å². The number of amides is 1. The number of carbonyl (C=O) groups excluding carboxylic acids is 1. The molecule has 3 aromatic rings. The largest absolute Gasteiger partial charge is 0.435 e. The maximum absolute atomic E-state index is 14.2. The van der Waals surface area contributed by atoms with Gasteiger partial charge in [-0.15, -0.1) is 10.2 Å². The molecule has 2 heterocycles. The summed E-state index contributed by atoms with van der Waals surface area (Å²) in [4.78, 5) is 16.4. The summed E-state index contributed by atoms with van der Waals surface area (Å²) in [6.45, 7) is 0.964. The van der Waals surface area contributed by atoms with Crippen molar-refractivity contribution in [2.45, 2.75) is 18.0 Å². The van der Waals surface area contributed by atoms with E-state index in [1.54, 1.807) is 6.07 Å². The lowest BCUT2D eigenvalue weighted by Gasteiger charge is -2.16. The van der Waals surface area contributed by atoms with Crippen molar-refractivity contribution in [1.29, 1.82) is 10.0 Å². The Morgan fingerprint density at radius 2 is 1.94 bits per heavy atom. The fourth-order valence-corrected chi connectivity index (χ4v) is 3.47. The van der Waals surface area contributed by atoms with Gasteiger partial charge >= 0.3 is 6.18 Å². The normalized spacial score (nSPS) is 13.0. The molecule has 176 valence electrons. The summed E-state index contributed by atoms with van der Waals surface area (Å²) in [6, 6.07) is 9.08. The highest BCUT2D eigenvalue weighted by atomic mass is 32.2. The van der Waals surface area contributed by atoms with Gasteiger partial charge in [0.1, 0.15) is 17.3 Å². The zero-order valence-electron chi connectivity index (χ0n) is 17.4. The molecule has 2 N–H and O–H groups in total. The summed E-state index contributed by atoms with van der Waals surface area (Å²) >= 11 is 0. The molecule has 0 saturated heterocycles. The maximum Gasteiger partial charge on any atom is 0.435 e. The van der Waals surface area contributed by atoms with Crippen LogP contribution in [0.25, 0.3) is 0 Å². The van der Waals surface area contributed by atoms with Crippen molar-refractivity contribution in [3.05, 3.63) is 64.9 Å². The van der Waals surface area contributed by atoms with Crippen LogP contribution in [-0.4, -0.2) is 31.6 Å². The first-order valence-electron chi connectivity index (χ1n) is 9.15. The van der Waals surface area contributed by atoms with E-state index < -0.39 is 56.2 Å². The highest BCUT2D eigenvalue weighted by Crippen LogP contribution is 2.35. The molecule has 0 aliphatic heterocycles. The molecule has 0 spiro atoms. The second kappa shape index (κ2) is 9.02. The van der Waals surface area contributed by atoms with Crippen molar-refractivity contribution in [1.82, 2.24) is 15.2 Å². The van der Waals surface area contributed by atoms with Crippen LogP contribution in [-0.2, 0) is 15.9 Å². The van der Waals surface area contributed by atoms with Crippen LogP contribution in [0.4, 0.5) is 23.2 Å². The van der Waals surface area contributed by atoms with Gasteiger partial charge < -0.3 is 10.1 Å². The average molecular weight is 494 g/mol. The molecule has 14 heteroatoms. The lowest BCUT2D eigenvalue weighted by atomic mass is 10.1. The third kappa shape index (κ3) is 5.26. The van der Waals surface area contributed by atoms with Gasteiger partial charge in [-0.05, 0) is 42.8 Å². The molecule has 1 amide bonds. The molecule has 9 nitrogen and oxygen atoms in total. The number of nitrogens with zero attached hydrogens (tertiary/aromatic N) is 4. The zero-order valence-corrected chi connectivity index (χ0v) is 18.2. The van der Waals surface area contributed by atoms with Crippen LogP contribution < -0.4 is 10.1 Å². The second-order valence-corrected chi connectivity index (χ2v) is 9.04. The molecule has 0 radical (unpaired) electrons. The van der Waals surface area contributed by atoms with Gasteiger partial charge in [0.2, 0.25) is 0 Å². The van der Waals surface area contributed by atoms with Crippen LogP contribution in [0.1, 0.15) is 27.3 Å². The number of anilines is 1. The zero-order chi connectivity index (χ0) is 25.3. The van der Waals surface area contributed by atoms with E-state index in [1.165, 1.54) is 24.3 Å². The standard InChI is InChI=1S/C20H14F4N6O3S/c1-10-15(18(31)28-11-4-3-5-13(8-11)34(2,26)32)19(30-29-16(10)20(22,23)24)33-14-7-6-12(9-25)27-17(14)21/h3-8,26H,1-2H3,(H,28,31). The smallest absolute Gasteiger partial charge is 0.432 e. The Morgan fingerprint density at radius 3 is 2.53 bits per heavy atom. The van der Waals surface area contributed by atoms with Gasteiger partial charge in [0, 0.05) is 16.8 Å². The summed E-state index contributed by atoms with van der Waals surface area (Å²) in [6.07, 6.45) is -3.79. The molecule has 34 heavy (non-hydrogen) atoms. The SMILES string of the molecule is Cc1c(C(F)(F)F)nnc(Oc2ccc(C#N)nc2F)c1C(=O)Nc1cccc(S(C)(=N)=O)c1. The number of hydrogen-bond acceptors (Lipinski definition) is 8. The van der Waals surface area contributed by atoms with Crippen LogP contribution in [0, 0.1) is 29.0 Å². The van der Waals surface area contributed by atoms with Crippen molar-refractivity contribution >= 4 is 21.3 Å². The molecule has 1 atom stereocenters. The van der Waals surface area contributed by atoms with E-state index in [0.29, 0.717) is 0 Å². The van der Waals surface area contributed by atoms with Gasteiger partial charge in [0.15, 0.2) is 11.4 Å². The number of alkyl halides is 3. The highest BCUT2D eigenvalue weighted by molar-refractivity contribution is 7.91. The third-order valence-electron chi connectivity index (χ3n) is 4.36. The number of pyridine rings is 1. The molecule has 3 rings (SSSR count). The fraction of sp³-hybridized carbons (Fsp3) is 0.150. The monoisotopic (exact) mass is 494 g/mol. The Labute approximate surface area is 190 Å². The number of rotatable bonds is 5. The quantitative estimate of drug-likeness (QED) is 0.398. The van der Waals surface area contributed by atoms with Crippen LogP contribution >= 0.6 is 0 Å². The predicted molar refractivity (Wildman–Crippen MR) is 110 cm³/mol. The summed E-state index contributed by atoms with van der Waals surface area (Å²) < 4.78 is 79.1. The Hall–Kier alpha value is -4.12. The van der Waals surface area contributed by atoms with E-state index in [9.17, 15) is 26.6 Å². The van der Waals surface area contributed by atoms with Crippen LogP contribution in [0.3, 0.4) is 0 Å². The molecule has 2 aromatic heterocycles. The molecule has 0 aliphatic rings. The van der Waals surface area contributed by atoms with E-state index in [2.05, 4.69) is 20.5 Å². The average Bonchev–Trinajstić information content (AvgIpc) is 2.73. The third-order valence-corrected chi connectivity index (χ3v) is 5.51. The van der Waals surface area contributed by atoms with E-state index >= 15 is 0 Å². The van der Waals surface area contributed by atoms with Gasteiger partial charge in [-0.2, -0.15) is 22.8 Å². The number of nitrogens with one attached hydrogen (secondary N) is 2. The first kappa shape index (κ1) is 24.5. The van der Waals surface area contributed by atoms with Crippen LogP contribution in [0.15, 0.2) is 41.3 Å². The summed E-state index contributed by atoms with van der Waals surface area (Å²) in [5, 5.41) is 17.5. The molecule has 0 saturated carbocycles. The number of hydrogen-bond donors (Lipinski definition) is 2. The van der Waals surface area contributed by atoms with E-state index in [0.717, 1.165) is 25.3 Å². The van der Waals surface area contributed by atoms with Crippen molar-refractivity contribution < 1.29 is 31.3 Å².